The van der Waals surface area contributed by atoms with Gasteiger partial charge >= 0.3 is 11.9 Å². The van der Waals surface area contributed by atoms with Crippen LogP contribution in [0.15, 0.2) is 53.5 Å². The number of fused-ring (bicyclic) bond motifs is 2. The molecule has 2 saturated heterocycles. The van der Waals surface area contributed by atoms with E-state index in [1.807, 2.05) is 23.0 Å². The molecular formula is C39H42F3N9O5. The minimum Gasteiger partial charge on any atom is -0.479 e. The maximum absolute atomic E-state index is 13.4. The summed E-state index contributed by atoms with van der Waals surface area (Å²) in [6.07, 6.45) is 3.58. The highest BCUT2D eigenvalue weighted by molar-refractivity contribution is 6.04. The largest absolute Gasteiger partial charge is 0.479 e. The summed E-state index contributed by atoms with van der Waals surface area (Å²) in [7, 11) is 3.14. The van der Waals surface area contributed by atoms with Crippen molar-refractivity contribution in [3.05, 3.63) is 76.1 Å². The first-order valence-corrected chi connectivity index (χ1v) is 18.9. The molecule has 3 fully saturated rings. The molecule has 4 aromatic heterocycles. The summed E-state index contributed by atoms with van der Waals surface area (Å²) in [5.74, 6) is -0.660. The van der Waals surface area contributed by atoms with Gasteiger partial charge in [-0.3, -0.25) is 33.5 Å². The maximum Gasteiger partial charge on any atom is 0.433 e. The van der Waals surface area contributed by atoms with E-state index >= 15 is 0 Å². The van der Waals surface area contributed by atoms with E-state index in [-0.39, 0.29) is 47.2 Å². The SMILES string of the molecule is COc1nc2nn([C@H]3CC[C@H](CN4CCC(c5cccc6c5n(C)c(=O)n6C5CCC(=O)NC5=O)CC4)CC3)cc2cc1NC(=O)c1cccc(C(F)(F)F)n1. The fraction of sp³-hybridized carbons (Fsp3) is 0.462. The highest BCUT2D eigenvalue weighted by atomic mass is 19.4. The van der Waals surface area contributed by atoms with Crippen molar-refractivity contribution in [2.75, 3.05) is 32.1 Å². The summed E-state index contributed by atoms with van der Waals surface area (Å²) in [5.41, 5.74) is 1.53. The Morgan fingerprint density at radius 3 is 2.45 bits per heavy atom. The second-order valence-electron chi connectivity index (χ2n) is 15.1. The van der Waals surface area contributed by atoms with Gasteiger partial charge in [0.05, 0.1) is 24.2 Å². The monoisotopic (exact) mass is 773 g/mol. The molecule has 2 N–H and O–H groups in total. The Morgan fingerprint density at radius 1 is 0.982 bits per heavy atom. The van der Waals surface area contributed by atoms with Gasteiger partial charge in [0.15, 0.2) is 5.65 Å². The molecule has 0 bridgehead atoms. The molecule has 5 aromatic rings. The number of halogens is 3. The number of ether oxygens (including phenoxy) is 1. The van der Waals surface area contributed by atoms with Gasteiger partial charge in [-0.05, 0) is 99.7 Å². The van der Waals surface area contributed by atoms with Crippen LogP contribution in [-0.4, -0.2) is 78.2 Å². The lowest BCUT2D eigenvalue weighted by Crippen LogP contribution is -2.44. The van der Waals surface area contributed by atoms with E-state index in [9.17, 15) is 32.3 Å². The standard InChI is InChI=1S/C39H42F3N9O5/c1-48-33-26(5-3-7-29(33)51(38(48)55)30-13-14-32(52)45-36(30)54)23-15-17-49(18-16-23)20-22-9-11-25(12-10-22)50-21-24-19-28(37(56-2)46-34(24)47-50)44-35(53)27-6-4-8-31(43-27)39(40,41)42/h3-8,19,21-23,25,30H,9-18,20H2,1-2H3,(H,44,53)(H,45,52,54)/t22-,25-,30?. The topological polar surface area (TPSA) is 158 Å². The first-order chi connectivity index (χ1) is 26.9. The summed E-state index contributed by atoms with van der Waals surface area (Å²) in [6.45, 7) is 2.91. The van der Waals surface area contributed by atoms with Crippen molar-refractivity contribution in [1.82, 2.24) is 39.1 Å². The Kier molecular flexibility index (Phi) is 9.88. The van der Waals surface area contributed by atoms with Gasteiger partial charge in [-0.15, -0.1) is 0 Å². The van der Waals surface area contributed by atoms with E-state index in [1.165, 1.54) is 13.2 Å². The van der Waals surface area contributed by atoms with Gasteiger partial charge in [0.1, 0.15) is 23.1 Å². The number of hydrogen-bond donors (Lipinski definition) is 2. The lowest BCUT2D eigenvalue weighted by molar-refractivity contribution is -0.141. The molecule has 1 aromatic carbocycles. The lowest BCUT2D eigenvalue weighted by atomic mass is 9.84. The van der Waals surface area contributed by atoms with E-state index in [0.717, 1.165) is 86.9 Å². The van der Waals surface area contributed by atoms with Gasteiger partial charge in [-0.2, -0.15) is 23.3 Å². The van der Waals surface area contributed by atoms with Crippen LogP contribution in [0.2, 0.25) is 0 Å². The molecule has 3 aliphatic rings. The van der Waals surface area contributed by atoms with Gasteiger partial charge in [-0.1, -0.05) is 18.2 Å². The van der Waals surface area contributed by atoms with Crippen molar-refractivity contribution < 1.29 is 32.3 Å². The molecule has 0 radical (unpaired) electrons. The third-order valence-electron chi connectivity index (χ3n) is 11.6. The molecule has 3 amide bonds. The summed E-state index contributed by atoms with van der Waals surface area (Å²) in [5, 5.41) is 10.3. The molecule has 1 unspecified atom stereocenters. The Hall–Kier alpha value is -5.58. The Morgan fingerprint density at radius 2 is 1.73 bits per heavy atom. The first-order valence-electron chi connectivity index (χ1n) is 18.9. The number of pyridine rings is 2. The van der Waals surface area contributed by atoms with Crippen molar-refractivity contribution in [1.29, 1.82) is 0 Å². The summed E-state index contributed by atoms with van der Waals surface area (Å²) in [4.78, 5) is 61.2. The Bertz CT molecular complexity index is 2390. The third kappa shape index (κ3) is 7.15. The quantitative estimate of drug-likeness (QED) is 0.199. The van der Waals surface area contributed by atoms with Crippen molar-refractivity contribution in [2.24, 2.45) is 13.0 Å². The zero-order valence-corrected chi connectivity index (χ0v) is 31.0. The molecule has 1 atom stereocenters. The number of nitrogens with zero attached hydrogens (tertiary/aromatic N) is 7. The number of imide groups is 1. The number of para-hydroxylation sites is 1. The van der Waals surface area contributed by atoms with Crippen LogP contribution in [0.3, 0.4) is 0 Å². The van der Waals surface area contributed by atoms with E-state index in [0.29, 0.717) is 23.4 Å². The lowest BCUT2D eigenvalue weighted by Gasteiger charge is -2.37. The smallest absolute Gasteiger partial charge is 0.433 e. The average molecular weight is 774 g/mol. The van der Waals surface area contributed by atoms with Gasteiger partial charge in [0.2, 0.25) is 17.7 Å². The second-order valence-corrected chi connectivity index (χ2v) is 15.1. The van der Waals surface area contributed by atoms with Crippen molar-refractivity contribution in [3.63, 3.8) is 0 Å². The van der Waals surface area contributed by atoms with Gasteiger partial charge in [-0.25, -0.2) is 9.78 Å². The number of aromatic nitrogens is 6. The highest BCUT2D eigenvalue weighted by Gasteiger charge is 2.35. The number of carbonyl (C=O) groups is 3. The highest BCUT2D eigenvalue weighted by Crippen LogP contribution is 2.38. The summed E-state index contributed by atoms with van der Waals surface area (Å²) < 4.78 is 50.0. The number of amides is 3. The van der Waals surface area contributed by atoms with Gasteiger partial charge in [0.25, 0.3) is 5.91 Å². The van der Waals surface area contributed by atoms with E-state index in [2.05, 4.69) is 31.6 Å². The Labute approximate surface area is 319 Å². The molecule has 0 spiro atoms. The first kappa shape index (κ1) is 37.3. The number of nitrogens with one attached hydrogen (secondary N) is 2. The number of alkyl halides is 3. The number of piperidine rings is 2. The molecular weight excluding hydrogens is 731 g/mol. The van der Waals surface area contributed by atoms with Crippen LogP contribution in [0, 0.1) is 5.92 Å². The van der Waals surface area contributed by atoms with Crippen LogP contribution in [0.25, 0.3) is 22.1 Å². The maximum atomic E-state index is 13.4. The van der Waals surface area contributed by atoms with Crippen molar-refractivity contribution >= 4 is 45.5 Å². The zero-order valence-electron chi connectivity index (χ0n) is 31.0. The number of hydrogen-bond acceptors (Lipinski definition) is 9. The average Bonchev–Trinajstić information content (AvgIpc) is 3.72. The summed E-state index contributed by atoms with van der Waals surface area (Å²) >= 11 is 0. The van der Waals surface area contributed by atoms with Crippen LogP contribution < -0.4 is 21.1 Å². The van der Waals surface area contributed by atoms with E-state index in [1.54, 1.807) is 22.2 Å². The van der Waals surface area contributed by atoms with E-state index < -0.39 is 29.7 Å². The second kappa shape index (κ2) is 14.8. The molecule has 8 rings (SSSR count). The van der Waals surface area contributed by atoms with Crippen molar-refractivity contribution in [2.45, 2.75) is 75.5 Å². The number of carbonyl (C=O) groups excluding carboxylic acids is 3. The van der Waals surface area contributed by atoms with E-state index in [4.69, 9.17) is 9.84 Å². The van der Waals surface area contributed by atoms with Crippen LogP contribution in [0.5, 0.6) is 5.88 Å². The zero-order chi connectivity index (χ0) is 39.3. The molecule has 56 heavy (non-hydrogen) atoms. The molecule has 294 valence electrons. The van der Waals surface area contributed by atoms with Gasteiger partial charge < -0.3 is 15.0 Å². The number of benzene rings is 1. The van der Waals surface area contributed by atoms with Crippen molar-refractivity contribution in [3.8, 4) is 5.88 Å². The number of rotatable bonds is 8. The van der Waals surface area contributed by atoms with Crippen LogP contribution in [0.4, 0.5) is 18.9 Å². The fourth-order valence-corrected chi connectivity index (χ4v) is 8.71. The molecule has 1 aliphatic carbocycles. The summed E-state index contributed by atoms with van der Waals surface area (Å²) in [6, 6.07) is 10.2. The third-order valence-corrected chi connectivity index (χ3v) is 11.6. The minimum absolute atomic E-state index is 0.0851. The number of imidazole rings is 1. The van der Waals surface area contributed by atoms with Gasteiger partial charge in [0, 0.05) is 31.6 Å². The van der Waals surface area contributed by atoms with Crippen LogP contribution >= 0.6 is 0 Å². The molecule has 2 aliphatic heterocycles. The fourth-order valence-electron chi connectivity index (χ4n) is 8.71. The predicted molar refractivity (Wildman–Crippen MR) is 199 cm³/mol. The van der Waals surface area contributed by atoms with Crippen LogP contribution in [0.1, 0.15) is 91.1 Å². The number of methoxy groups -OCH3 is 1. The molecule has 14 nitrogen and oxygen atoms in total. The molecule has 1 saturated carbocycles. The number of likely N-dealkylation sites (tertiary alicyclic amines) is 1. The minimum atomic E-state index is -4.68. The van der Waals surface area contributed by atoms with Crippen LogP contribution in [-0.2, 0) is 22.8 Å². The number of aryl methyl sites for hydroxylation is 1. The number of anilines is 1. The normalized spacial score (nSPS) is 21.4. The predicted octanol–water partition coefficient (Wildman–Crippen LogP) is 5.35. The molecule has 6 heterocycles. The Balaban J connectivity index is 0.877. The molecule has 17 heteroatoms.